The Morgan fingerprint density at radius 2 is 1.85 bits per heavy atom. The van der Waals surface area contributed by atoms with Gasteiger partial charge in [-0.05, 0) is 30.4 Å². The van der Waals surface area contributed by atoms with Crippen molar-refractivity contribution in [2.24, 2.45) is 0 Å². The second-order valence-corrected chi connectivity index (χ2v) is 3.71. The Kier molecular flexibility index (Phi) is 2.36. The highest BCUT2D eigenvalue weighted by Crippen LogP contribution is 2.35. The molecule has 0 heteroatoms. The lowest BCUT2D eigenvalue weighted by atomic mass is 9.93. The third-order valence-electron chi connectivity index (χ3n) is 2.91. The van der Waals surface area contributed by atoms with Gasteiger partial charge in [-0.1, -0.05) is 37.0 Å². The van der Waals surface area contributed by atoms with Gasteiger partial charge in [-0.3, -0.25) is 0 Å². The van der Waals surface area contributed by atoms with Crippen molar-refractivity contribution in [3.05, 3.63) is 35.4 Å². The molecule has 0 unspecified atom stereocenters. The van der Waals surface area contributed by atoms with E-state index in [0.29, 0.717) is 0 Å². The van der Waals surface area contributed by atoms with Crippen LogP contribution in [-0.2, 0) is 0 Å². The first-order chi connectivity index (χ1) is 6.42. The molecule has 0 aliphatic heterocycles. The molecule has 0 spiro atoms. The SMILES string of the molecule is C#Cc1ccccc1C1CCCC1. The molecule has 0 saturated heterocycles. The molecule has 0 heterocycles. The van der Waals surface area contributed by atoms with Crippen LogP contribution in [0, 0.1) is 12.3 Å². The highest BCUT2D eigenvalue weighted by Gasteiger charge is 2.18. The molecule has 1 aromatic carbocycles. The minimum atomic E-state index is 0.729. The molecule has 66 valence electrons. The summed E-state index contributed by atoms with van der Waals surface area (Å²) in [6, 6.07) is 8.35. The Morgan fingerprint density at radius 3 is 2.54 bits per heavy atom. The van der Waals surface area contributed by atoms with E-state index in [0.717, 1.165) is 11.5 Å². The highest BCUT2D eigenvalue weighted by molar-refractivity contribution is 5.42. The molecule has 0 amide bonds. The van der Waals surface area contributed by atoms with E-state index in [2.05, 4.69) is 18.1 Å². The fourth-order valence-corrected chi connectivity index (χ4v) is 2.22. The average molecular weight is 170 g/mol. The number of rotatable bonds is 1. The predicted molar refractivity (Wildman–Crippen MR) is 55.6 cm³/mol. The van der Waals surface area contributed by atoms with Gasteiger partial charge in [0.05, 0.1) is 0 Å². The summed E-state index contributed by atoms with van der Waals surface area (Å²) in [4.78, 5) is 0. The zero-order valence-corrected chi connectivity index (χ0v) is 7.79. The maximum atomic E-state index is 5.47. The van der Waals surface area contributed by atoms with Gasteiger partial charge in [-0.2, -0.15) is 0 Å². The zero-order chi connectivity index (χ0) is 9.10. The maximum Gasteiger partial charge on any atom is 0.0277 e. The first-order valence-corrected chi connectivity index (χ1v) is 4.97. The molecule has 0 N–H and O–H groups in total. The fourth-order valence-electron chi connectivity index (χ4n) is 2.22. The summed E-state index contributed by atoms with van der Waals surface area (Å²) in [6.07, 6.45) is 10.8. The number of hydrogen-bond donors (Lipinski definition) is 0. The molecule has 1 fully saturated rings. The van der Waals surface area contributed by atoms with Crippen LogP contribution in [0.4, 0.5) is 0 Å². The van der Waals surface area contributed by atoms with Crippen LogP contribution >= 0.6 is 0 Å². The van der Waals surface area contributed by atoms with Gasteiger partial charge < -0.3 is 0 Å². The van der Waals surface area contributed by atoms with E-state index in [4.69, 9.17) is 6.42 Å². The third-order valence-corrected chi connectivity index (χ3v) is 2.91. The highest BCUT2D eigenvalue weighted by atomic mass is 14.2. The first-order valence-electron chi connectivity index (χ1n) is 4.97. The first kappa shape index (κ1) is 8.38. The molecule has 0 atom stereocenters. The van der Waals surface area contributed by atoms with Crippen LogP contribution in [0.3, 0.4) is 0 Å². The lowest BCUT2D eigenvalue weighted by Crippen LogP contribution is -1.95. The van der Waals surface area contributed by atoms with Gasteiger partial charge in [0.1, 0.15) is 0 Å². The summed E-state index contributed by atoms with van der Waals surface area (Å²) < 4.78 is 0. The molecule has 0 bridgehead atoms. The minimum Gasteiger partial charge on any atom is -0.115 e. The second-order valence-electron chi connectivity index (χ2n) is 3.71. The Morgan fingerprint density at radius 1 is 1.15 bits per heavy atom. The van der Waals surface area contributed by atoms with E-state index in [1.807, 2.05) is 12.1 Å². The van der Waals surface area contributed by atoms with Crippen LogP contribution in [-0.4, -0.2) is 0 Å². The van der Waals surface area contributed by atoms with Gasteiger partial charge in [0, 0.05) is 5.56 Å². The van der Waals surface area contributed by atoms with E-state index in [1.54, 1.807) is 0 Å². The quantitative estimate of drug-likeness (QED) is 0.567. The van der Waals surface area contributed by atoms with E-state index >= 15 is 0 Å². The Labute approximate surface area is 80.0 Å². The normalized spacial score (nSPS) is 17.2. The lowest BCUT2D eigenvalue weighted by Gasteiger charge is -2.11. The average Bonchev–Trinajstić information content (AvgIpc) is 2.70. The van der Waals surface area contributed by atoms with Crippen LogP contribution in [0.2, 0.25) is 0 Å². The van der Waals surface area contributed by atoms with Gasteiger partial charge in [0.2, 0.25) is 0 Å². The Bertz CT molecular complexity index is 324. The van der Waals surface area contributed by atoms with Crippen molar-refractivity contribution < 1.29 is 0 Å². The second kappa shape index (κ2) is 3.66. The summed E-state index contributed by atoms with van der Waals surface area (Å²) in [5.74, 6) is 3.50. The summed E-state index contributed by atoms with van der Waals surface area (Å²) >= 11 is 0. The summed E-state index contributed by atoms with van der Waals surface area (Å²) in [5.41, 5.74) is 2.48. The molecule has 0 radical (unpaired) electrons. The van der Waals surface area contributed by atoms with E-state index < -0.39 is 0 Å². The summed E-state index contributed by atoms with van der Waals surface area (Å²) in [6.45, 7) is 0. The third kappa shape index (κ3) is 1.60. The molecule has 2 rings (SSSR count). The smallest absolute Gasteiger partial charge is 0.0277 e. The molecular weight excluding hydrogens is 156 g/mol. The van der Waals surface area contributed by atoms with Gasteiger partial charge in [-0.25, -0.2) is 0 Å². The van der Waals surface area contributed by atoms with Crippen molar-refractivity contribution in [2.75, 3.05) is 0 Å². The number of benzene rings is 1. The topological polar surface area (TPSA) is 0 Å². The molecule has 1 aliphatic rings. The molecule has 1 saturated carbocycles. The standard InChI is InChI=1S/C13H14/c1-2-11-7-5-6-10-13(11)12-8-3-4-9-12/h1,5-7,10,12H,3-4,8-9H2. The lowest BCUT2D eigenvalue weighted by molar-refractivity contribution is 0.721. The Hall–Kier alpha value is -1.22. The van der Waals surface area contributed by atoms with Gasteiger partial charge >= 0.3 is 0 Å². The van der Waals surface area contributed by atoms with Gasteiger partial charge in [0.25, 0.3) is 0 Å². The van der Waals surface area contributed by atoms with Crippen LogP contribution in [0.25, 0.3) is 0 Å². The molecule has 0 nitrogen and oxygen atoms in total. The molecule has 13 heavy (non-hydrogen) atoms. The van der Waals surface area contributed by atoms with Crippen LogP contribution < -0.4 is 0 Å². The van der Waals surface area contributed by atoms with Crippen LogP contribution in [0.5, 0.6) is 0 Å². The number of terminal acetylenes is 1. The van der Waals surface area contributed by atoms with E-state index in [1.165, 1.54) is 31.2 Å². The summed E-state index contributed by atoms with van der Waals surface area (Å²) in [7, 11) is 0. The number of hydrogen-bond acceptors (Lipinski definition) is 0. The molecular formula is C13H14. The van der Waals surface area contributed by atoms with Crippen LogP contribution in [0.1, 0.15) is 42.7 Å². The fraction of sp³-hybridized carbons (Fsp3) is 0.385. The van der Waals surface area contributed by atoms with Crippen molar-refractivity contribution in [3.63, 3.8) is 0 Å². The molecule has 1 aliphatic carbocycles. The minimum absolute atomic E-state index is 0.729. The van der Waals surface area contributed by atoms with Crippen molar-refractivity contribution in [1.29, 1.82) is 0 Å². The maximum absolute atomic E-state index is 5.47. The zero-order valence-electron chi connectivity index (χ0n) is 7.79. The van der Waals surface area contributed by atoms with Crippen molar-refractivity contribution in [1.82, 2.24) is 0 Å². The summed E-state index contributed by atoms with van der Waals surface area (Å²) in [5, 5.41) is 0. The molecule has 0 aromatic heterocycles. The van der Waals surface area contributed by atoms with Crippen LogP contribution in [0.15, 0.2) is 24.3 Å². The van der Waals surface area contributed by atoms with Crippen molar-refractivity contribution >= 4 is 0 Å². The van der Waals surface area contributed by atoms with E-state index in [9.17, 15) is 0 Å². The van der Waals surface area contributed by atoms with Crippen molar-refractivity contribution in [3.8, 4) is 12.3 Å². The van der Waals surface area contributed by atoms with Gasteiger partial charge in [0.15, 0.2) is 0 Å². The van der Waals surface area contributed by atoms with Crippen molar-refractivity contribution in [2.45, 2.75) is 31.6 Å². The van der Waals surface area contributed by atoms with Gasteiger partial charge in [-0.15, -0.1) is 6.42 Å². The monoisotopic (exact) mass is 170 g/mol. The largest absolute Gasteiger partial charge is 0.115 e. The Balaban J connectivity index is 2.33. The predicted octanol–water partition coefficient (Wildman–Crippen LogP) is 3.33. The molecule has 1 aromatic rings. The van der Waals surface area contributed by atoms with E-state index in [-0.39, 0.29) is 0 Å².